The molecular weight excluding hydrogens is 301 g/mol. The second-order valence-electron chi connectivity index (χ2n) is 5.39. The highest BCUT2D eigenvalue weighted by atomic mass is 35.5. The van der Waals surface area contributed by atoms with Crippen molar-refractivity contribution in [2.75, 3.05) is 0 Å². The number of benzene rings is 2. The normalized spacial score (nSPS) is 13.9. The molecule has 0 spiro atoms. The fourth-order valence-corrected chi connectivity index (χ4v) is 2.86. The predicted octanol–water partition coefficient (Wildman–Crippen LogP) is 5.67. The van der Waals surface area contributed by atoms with Crippen molar-refractivity contribution in [2.24, 2.45) is 0 Å². The van der Waals surface area contributed by atoms with E-state index in [1.165, 1.54) is 11.1 Å². The minimum Gasteiger partial charge on any atom is -0.307 e. The molecule has 0 heterocycles. The molecule has 0 radical (unpaired) electrons. The maximum atomic E-state index is 6.12. The largest absolute Gasteiger partial charge is 0.307 e. The minimum absolute atomic E-state index is 0.290. The lowest BCUT2D eigenvalue weighted by molar-refractivity contribution is 0.443. The molecule has 2 aromatic rings. The molecule has 2 aromatic carbocycles. The van der Waals surface area contributed by atoms with Gasteiger partial charge in [-0.1, -0.05) is 66.5 Å². The minimum atomic E-state index is 0.290. The van der Waals surface area contributed by atoms with Crippen LogP contribution in [0.3, 0.4) is 0 Å². The lowest BCUT2D eigenvalue weighted by Gasteiger charge is -2.23. The van der Waals surface area contributed by atoms with Crippen LogP contribution in [-0.4, -0.2) is 6.04 Å². The van der Waals surface area contributed by atoms with Crippen LogP contribution in [0, 0.1) is 0 Å². The summed E-state index contributed by atoms with van der Waals surface area (Å²) in [5.74, 6) is 0. The molecule has 0 saturated heterocycles. The summed E-state index contributed by atoms with van der Waals surface area (Å²) in [5, 5.41) is 4.90. The first-order chi connectivity index (χ1) is 10.1. The molecule has 2 unspecified atom stereocenters. The molecule has 112 valence electrons. The van der Waals surface area contributed by atoms with E-state index in [-0.39, 0.29) is 0 Å². The van der Waals surface area contributed by atoms with Crippen LogP contribution in [0.5, 0.6) is 0 Å². The maximum Gasteiger partial charge on any atom is 0.0595 e. The molecule has 1 nitrogen and oxygen atoms in total. The molecule has 1 N–H and O–H groups in total. The van der Waals surface area contributed by atoms with Crippen LogP contribution in [0.15, 0.2) is 48.5 Å². The molecule has 0 saturated carbocycles. The Bertz CT molecular complexity index is 569. The van der Waals surface area contributed by atoms with Crippen molar-refractivity contribution in [1.82, 2.24) is 5.32 Å². The summed E-state index contributed by atoms with van der Waals surface area (Å²) in [4.78, 5) is 0. The van der Waals surface area contributed by atoms with Gasteiger partial charge in [0.15, 0.2) is 0 Å². The van der Waals surface area contributed by atoms with Crippen molar-refractivity contribution >= 4 is 23.2 Å². The molecular formula is C18H21Cl2N. The van der Waals surface area contributed by atoms with E-state index in [9.17, 15) is 0 Å². The highest BCUT2D eigenvalue weighted by Crippen LogP contribution is 2.27. The second-order valence-corrected chi connectivity index (χ2v) is 6.21. The summed E-state index contributed by atoms with van der Waals surface area (Å²) in [6.45, 7) is 4.39. The zero-order valence-electron chi connectivity index (χ0n) is 12.4. The van der Waals surface area contributed by atoms with Gasteiger partial charge < -0.3 is 5.32 Å². The van der Waals surface area contributed by atoms with Gasteiger partial charge in [-0.15, -0.1) is 0 Å². The van der Waals surface area contributed by atoms with Gasteiger partial charge in [0.25, 0.3) is 0 Å². The third-order valence-corrected chi connectivity index (χ3v) is 4.36. The first-order valence-corrected chi connectivity index (χ1v) is 8.10. The fraction of sp³-hybridized carbons (Fsp3) is 0.333. The van der Waals surface area contributed by atoms with E-state index >= 15 is 0 Å². The van der Waals surface area contributed by atoms with Crippen LogP contribution in [0.2, 0.25) is 10.0 Å². The Morgan fingerprint density at radius 3 is 2.33 bits per heavy atom. The van der Waals surface area contributed by atoms with Gasteiger partial charge in [-0.3, -0.25) is 0 Å². The van der Waals surface area contributed by atoms with Gasteiger partial charge in [0, 0.05) is 12.1 Å². The van der Waals surface area contributed by atoms with Crippen molar-refractivity contribution in [1.29, 1.82) is 0 Å². The average Bonchev–Trinajstić information content (AvgIpc) is 2.49. The van der Waals surface area contributed by atoms with Gasteiger partial charge in [0.2, 0.25) is 0 Å². The highest BCUT2D eigenvalue weighted by molar-refractivity contribution is 6.42. The van der Waals surface area contributed by atoms with Crippen molar-refractivity contribution in [2.45, 2.75) is 38.8 Å². The molecule has 0 aliphatic carbocycles. The van der Waals surface area contributed by atoms with Crippen LogP contribution in [0.4, 0.5) is 0 Å². The fourth-order valence-electron chi connectivity index (χ4n) is 2.55. The zero-order valence-corrected chi connectivity index (χ0v) is 14.0. The molecule has 0 aromatic heterocycles. The van der Waals surface area contributed by atoms with Crippen LogP contribution in [0.25, 0.3) is 0 Å². The molecule has 0 amide bonds. The van der Waals surface area contributed by atoms with Crippen molar-refractivity contribution in [3.05, 3.63) is 69.7 Å². The third kappa shape index (κ3) is 4.74. The standard InChI is InChI=1S/C18H21Cl2N/c1-3-18(15-9-10-16(19)17(20)12-15)21-13(2)11-14-7-5-4-6-8-14/h4-10,12-13,18,21H,3,11H2,1-2H3. The number of halogens is 2. The lowest BCUT2D eigenvalue weighted by Crippen LogP contribution is -2.31. The average molecular weight is 322 g/mol. The Kier molecular flexibility index (Phi) is 6.10. The zero-order chi connectivity index (χ0) is 15.2. The van der Waals surface area contributed by atoms with Crippen LogP contribution >= 0.6 is 23.2 Å². The Balaban J connectivity index is 2.02. The van der Waals surface area contributed by atoms with E-state index in [1.807, 2.05) is 24.3 Å². The van der Waals surface area contributed by atoms with E-state index in [0.717, 1.165) is 12.8 Å². The molecule has 3 heteroatoms. The molecule has 0 aliphatic rings. The predicted molar refractivity (Wildman–Crippen MR) is 92.2 cm³/mol. The smallest absolute Gasteiger partial charge is 0.0595 e. The van der Waals surface area contributed by atoms with Gasteiger partial charge in [-0.2, -0.15) is 0 Å². The van der Waals surface area contributed by atoms with Gasteiger partial charge in [-0.05, 0) is 43.0 Å². The Morgan fingerprint density at radius 2 is 1.71 bits per heavy atom. The summed E-state index contributed by atoms with van der Waals surface area (Å²) in [6.07, 6.45) is 2.02. The SMILES string of the molecule is CCC(NC(C)Cc1ccccc1)c1ccc(Cl)c(Cl)c1. The van der Waals surface area contributed by atoms with Gasteiger partial charge >= 0.3 is 0 Å². The molecule has 2 rings (SSSR count). The molecule has 0 aliphatic heterocycles. The van der Waals surface area contributed by atoms with Gasteiger partial charge in [0.05, 0.1) is 10.0 Å². The molecule has 21 heavy (non-hydrogen) atoms. The van der Waals surface area contributed by atoms with E-state index in [0.29, 0.717) is 22.1 Å². The first-order valence-electron chi connectivity index (χ1n) is 7.35. The quantitative estimate of drug-likeness (QED) is 0.723. The topological polar surface area (TPSA) is 12.0 Å². The summed E-state index contributed by atoms with van der Waals surface area (Å²) in [7, 11) is 0. The highest BCUT2D eigenvalue weighted by Gasteiger charge is 2.14. The summed E-state index contributed by atoms with van der Waals surface area (Å²) in [5.41, 5.74) is 2.54. The summed E-state index contributed by atoms with van der Waals surface area (Å²) in [6, 6.07) is 17.1. The Hall–Kier alpha value is -1.02. The van der Waals surface area contributed by atoms with Gasteiger partial charge in [0.1, 0.15) is 0 Å². The Morgan fingerprint density at radius 1 is 1.00 bits per heavy atom. The summed E-state index contributed by atoms with van der Waals surface area (Å²) >= 11 is 12.1. The summed E-state index contributed by atoms with van der Waals surface area (Å²) < 4.78 is 0. The lowest BCUT2D eigenvalue weighted by atomic mass is 10.0. The van der Waals surface area contributed by atoms with E-state index in [4.69, 9.17) is 23.2 Å². The van der Waals surface area contributed by atoms with Crippen LogP contribution < -0.4 is 5.32 Å². The molecule has 0 fully saturated rings. The van der Waals surface area contributed by atoms with E-state index in [2.05, 4.69) is 43.4 Å². The number of hydrogen-bond acceptors (Lipinski definition) is 1. The molecule has 2 atom stereocenters. The maximum absolute atomic E-state index is 6.12. The monoisotopic (exact) mass is 321 g/mol. The second kappa shape index (κ2) is 7.84. The van der Waals surface area contributed by atoms with E-state index < -0.39 is 0 Å². The Labute approximate surface area is 137 Å². The first kappa shape index (κ1) is 16.4. The van der Waals surface area contributed by atoms with Crippen molar-refractivity contribution < 1.29 is 0 Å². The van der Waals surface area contributed by atoms with Crippen molar-refractivity contribution in [3.63, 3.8) is 0 Å². The number of nitrogens with one attached hydrogen (secondary N) is 1. The number of hydrogen-bond donors (Lipinski definition) is 1. The van der Waals surface area contributed by atoms with Crippen molar-refractivity contribution in [3.8, 4) is 0 Å². The molecule has 0 bridgehead atoms. The third-order valence-electron chi connectivity index (χ3n) is 3.62. The van der Waals surface area contributed by atoms with Crippen LogP contribution in [-0.2, 0) is 6.42 Å². The van der Waals surface area contributed by atoms with E-state index in [1.54, 1.807) is 0 Å². The number of rotatable bonds is 6. The van der Waals surface area contributed by atoms with Crippen LogP contribution in [0.1, 0.15) is 37.4 Å². The van der Waals surface area contributed by atoms with Gasteiger partial charge in [-0.25, -0.2) is 0 Å².